The van der Waals surface area contributed by atoms with E-state index in [1.807, 2.05) is 30.3 Å². The first-order valence-electron chi connectivity index (χ1n) is 6.84. The number of nitrogens with one attached hydrogen (secondary N) is 1. The van der Waals surface area contributed by atoms with Gasteiger partial charge in [-0.2, -0.15) is 0 Å². The van der Waals surface area contributed by atoms with Crippen LogP contribution in [0.3, 0.4) is 0 Å². The van der Waals surface area contributed by atoms with Crippen molar-refractivity contribution >= 4 is 27.8 Å². The van der Waals surface area contributed by atoms with Gasteiger partial charge in [0.05, 0.1) is 11.5 Å². The summed E-state index contributed by atoms with van der Waals surface area (Å²) < 4.78 is 27.3. The van der Waals surface area contributed by atoms with Crippen LogP contribution < -0.4 is 5.32 Å². The molecular weight excluding hydrogens is 306 g/mol. The molecule has 0 saturated carbocycles. The van der Waals surface area contributed by atoms with Gasteiger partial charge in [-0.3, -0.25) is 4.79 Å². The van der Waals surface area contributed by atoms with Crippen LogP contribution >= 0.6 is 0 Å². The predicted molar refractivity (Wildman–Crippen MR) is 81.6 cm³/mol. The summed E-state index contributed by atoms with van der Waals surface area (Å²) in [4.78, 5) is 23.1. The summed E-state index contributed by atoms with van der Waals surface area (Å²) in [6, 6.07) is 8.82. The van der Waals surface area contributed by atoms with Crippen LogP contribution in [0.4, 0.5) is 0 Å². The van der Waals surface area contributed by atoms with E-state index in [4.69, 9.17) is 4.74 Å². The molecule has 1 N–H and O–H groups in total. The molecule has 22 heavy (non-hydrogen) atoms. The van der Waals surface area contributed by atoms with Crippen LogP contribution in [0.1, 0.15) is 12.0 Å². The van der Waals surface area contributed by atoms with Gasteiger partial charge in [0.25, 0.3) is 5.91 Å². The smallest absolute Gasteiger partial charge is 0.331 e. The minimum Gasteiger partial charge on any atom is -0.452 e. The second kappa shape index (κ2) is 7.22. The van der Waals surface area contributed by atoms with Gasteiger partial charge in [0, 0.05) is 12.1 Å². The number of carbonyl (C=O) groups is 2. The first-order chi connectivity index (χ1) is 10.4. The average Bonchev–Trinajstić information content (AvgIpc) is 2.83. The van der Waals surface area contributed by atoms with Gasteiger partial charge in [0.1, 0.15) is 0 Å². The van der Waals surface area contributed by atoms with Crippen LogP contribution in [0.2, 0.25) is 0 Å². The second-order valence-corrected chi connectivity index (χ2v) is 7.25. The maximum atomic E-state index is 11.6. The molecule has 0 radical (unpaired) electrons. The molecule has 1 saturated heterocycles. The van der Waals surface area contributed by atoms with E-state index in [-0.39, 0.29) is 11.5 Å². The molecule has 1 aromatic rings. The number of rotatable bonds is 5. The molecule has 1 amide bonds. The van der Waals surface area contributed by atoms with Crippen molar-refractivity contribution in [3.8, 4) is 0 Å². The predicted octanol–water partition coefficient (Wildman–Crippen LogP) is 0.546. The van der Waals surface area contributed by atoms with E-state index >= 15 is 0 Å². The van der Waals surface area contributed by atoms with Crippen molar-refractivity contribution in [2.75, 3.05) is 18.1 Å². The third-order valence-electron chi connectivity index (χ3n) is 3.15. The third-order valence-corrected chi connectivity index (χ3v) is 4.92. The van der Waals surface area contributed by atoms with Gasteiger partial charge in [-0.05, 0) is 18.1 Å². The molecular formula is C15H17NO5S. The van der Waals surface area contributed by atoms with E-state index < -0.39 is 34.4 Å². The van der Waals surface area contributed by atoms with Crippen LogP contribution in [0.25, 0.3) is 6.08 Å². The molecule has 1 aliphatic heterocycles. The Morgan fingerprint density at radius 3 is 2.64 bits per heavy atom. The zero-order chi connectivity index (χ0) is 16.0. The van der Waals surface area contributed by atoms with Gasteiger partial charge in [0.15, 0.2) is 16.4 Å². The fourth-order valence-electron chi connectivity index (χ4n) is 2.09. The van der Waals surface area contributed by atoms with Crippen LogP contribution in [0.15, 0.2) is 36.4 Å². The van der Waals surface area contributed by atoms with Crippen molar-refractivity contribution in [3.63, 3.8) is 0 Å². The molecule has 0 spiro atoms. The molecule has 0 aliphatic carbocycles. The Kier molecular flexibility index (Phi) is 5.32. The fraction of sp³-hybridized carbons (Fsp3) is 0.333. The Hall–Kier alpha value is -2.15. The first-order valence-corrected chi connectivity index (χ1v) is 8.66. The van der Waals surface area contributed by atoms with Gasteiger partial charge >= 0.3 is 5.97 Å². The largest absolute Gasteiger partial charge is 0.452 e. The lowest BCUT2D eigenvalue weighted by molar-refractivity contribution is -0.143. The molecule has 0 bridgehead atoms. The topological polar surface area (TPSA) is 89.5 Å². The number of benzene rings is 1. The molecule has 1 aromatic carbocycles. The van der Waals surface area contributed by atoms with E-state index in [0.29, 0.717) is 6.42 Å². The number of sulfone groups is 1. The van der Waals surface area contributed by atoms with Gasteiger partial charge in [-0.15, -0.1) is 0 Å². The van der Waals surface area contributed by atoms with Gasteiger partial charge in [-0.25, -0.2) is 13.2 Å². The van der Waals surface area contributed by atoms with Crippen molar-refractivity contribution in [1.29, 1.82) is 0 Å². The number of amides is 1. The molecule has 2 rings (SSSR count). The van der Waals surface area contributed by atoms with E-state index in [0.717, 1.165) is 5.56 Å². The van der Waals surface area contributed by atoms with Gasteiger partial charge in [0.2, 0.25) is 0 Å². The lowest BCUT2D eigenvalue weighted by atomic mass is 10.2. The van der Waals surface area contributed by atoms with Crippen LogP contribution in [0.5, 0.6) is 0 Å². The van der Waals surface area contributed by atoms with E-state index in [1.54, 1.807) is 6.08 Å². The second-order valence-electron chi connectivity index (χ2n) is 5.02. The minimum atomic E-state index is -3.05. The van der Waals surface area contributed by atoms with E-state index in [2.05, 4.69) is 5.32 Å². The molecule has 1 fully saturated rings. The third kappa shape index (κ3) is 5.33. The minimum absolute atomic E-state index is 0.0550. The van der Waals surface area contributed by atoms with E-state index in [9.17, 15) is 18.0 Å². The summed E-state index contributed by atoms with van der Waals surface area (Å²) in [5.41, 5.74) is 0.847. The Balaban J connectivity index is 1.72. The monoisotopic (exact) mass is 323 g/mol. The quantitative estimate of drug-likeness (QED) is 0.631. The van der Waals surface area contributed by atoms with Gasteiger partial charge in [-0.1, -0.05) is 30.3 Å². The molecule has 6 nitrogen and oxygen atoms in total. The summed E-state index contributed by atoms with van der Waals surface area (Å²) in [6.07, 6.45) is 3.22. The number of hydrogen-bond donors (Lipinski definition) is 1. The Labute approximate surface area is 129 Å². The normalized spacial score (nSPS) is 19.9. The van der Waals surface area contributed by atoms with Gasteiger partial charge < -0.3 is 10.1 Å². The van der Waals surface area contributed by atoms with Crippen molar-refractivity contribution in [2.24, 2.45) is 0 Å². The molecule has 118 valence electrons. The van der Waals surface area contributed by atoms with Crippen LogP contribution in [0, 0.1) is 0 Å². The lowest BCUT2D eigenvalue weighted by Gasteiger charge is -2.10. The number of carbonyl (C=O) groups excluding carboxylic acids is 2. The summed E-state index contributed by atoms with van der Waals surface area (Å²) in [6.45, 7) is -0.422. The summed E-state index contributed by atoms with van der Waals surface area (Å²) in [5.74, 6) is -1.10. The highest BCUT2D eigenvalue weighted by Gasteiger charge is 2.28. The van der Waals surface area contributed by atoms with Crippen molar-refractivity contribution in [2.45, 2.75) is 12.5 Å². The molecule has 7 heteroatoms. The molecule has 1 atom stereocenters. The zero-order valence-electron chi connectivity index (χ0n) is 11.9. The Morgan fingerprint density at radius 1 is 1.27 bits per heavy atom. The Bertz CT molecular complexity index is 666. The highest BCUT2D eigenvalue weighted by atomic mass is 32.2. The summed E-state index contributed by atoms with van der Waals surface area (Å²) in [7, 11) is -3.05. The SMILES string of the molecule is O=C(COC(=O)/C=C/c1ccccc1)N[C@@H]1CCS(=O)(=O)C1. The zero-order valence-corrected chi connectivity index (χ0v) is 12.7. The standard InChI is InChI=1S/C15H17NO5S/c17-14(16-13-8-9-22(19,20)11-13)10-21-15(18)7-6-12-4-2-1-3-5-12/h1-7,13H,8-11H2,(H,16,17)/b7-6+/t13-/m1/s1. The highest BCUT2D eigenvalue weighted by molar-refractivity contribution is 7.91. The molecule has 1 aliphatic rings. The maximum absolute atomic E-state index is 11.6. The fourth-order valence-corrected chi connectivity index (χ4v) is 3.76. The van der Waals surface area contributed by atoms with Crippen LogP contribution in [-0.4, -0.2) is 44.4 Å². The van der Waals surface area contributed by atoms with Crippen molar-refractivity contribution in [3.05, 3.63) is 42.0 Å². The van der Waals surface area contributed by atoms with Crippen molar-refractivity contribution in [1.82, 2.24) is 5.32 Å². The highest BCUT2D eigenvalue weighted by Crippen LogP contribution is 2.10. The molecule has 1 heterocycles. The molecule has 0 unspecified atom stereocenters. The summed E-state index contributed by atoms with van der Waals surface area (Å²) >= 11 is 0. The number of esters is 1. The van der Waals surface area contributed by atoms with E-state index in [1.165, 1.54) is 6.08 Å². The Morgan fingerprint density at radius 2 is 2.00 bits per heavy atom. The molecule has 0 aromatic heterocycles. The average molecular weight is 323 g/mol. The first kappa shape index (κ1) is 16.2. The summed E-state index contributed by atoms with van der Waals surface area (Å²) in [5, 5.41) is 2.54. The lowest BCUT2D eigenvalue weighted by Crippen LogP contribution is -2.38. The van der Waals surface area contributed by atoms with Crippen LogP contribution in [-0.2, 0) is 24.2 Å². The number of hydrogen-bond acceptors (Lipinski definition) is 5. The number of ether oxygens (including phenoxy) is 1. The van der Waals surface area contributed by atoms with Crippen molar-refractivity contribution < 1.29 is 22.7 Å². The maximum Gasteiger partial charge on any atom is 0.331 e.